The Balaban J connectivity index is 1.70. The van der Waals surface area contributed by atoms with Crippen LogP contribution in [0.3, 0.4) is 0 Å². The first-order valence-corrected chi connectivity index (χ1v) is 8.40. The lowest BCUT2D eigenvalue weighted by molar-refractivity contribution is -0.123. The van der Waals surface area contributed by atoms with Crippen molar-refractivity contribution in [1.82, 2.24) is 5.32 Å². The summed E-state index contributed by atoms with van der Waals surface area (Å²) in [6, 6.07) is 13.1. The fraction of sp³-hybridized carbons (Fsp3) is 0.350. The molecular formula is C20H25NO5. The van der Waals surface area contributed by atoms with E-state index in [0.29, 0.717) is 23.8 Å². The van der Waals surface area contributed by atoms with Crippen molar-refractivity contribution in [1.29, 1.82) is 0 Å². The monoisotopic (exact) mass is 359 g/mol. The van der Waals surface area contributed by atoms with Crippen LogP contribution in [0, 0.1) is 0 Å². The number of ether oxygens (including phenoxy) is 4. The molecule has 0 unspecified atom stereocenters. The van der Waals surface area contributed by atoms with Gasteiger partial charge in [0.05, 0.1) is 21.3 Å². The van der Waals surface area contributed by atoms with Gasteiger partial charge in [0, 0.05) is 24.7 Å². The van der Waals surface area contributed by atoms with Gasteiger partial charge in [0.25, 0.3) is 5.91 Å². The van der Waals surface area contributed by atoms with Crippen LogP contribution in [0.2, 0.25) is 0 Å². The number of hydrogen-bond donors (Lipinski definition) is 1. The zero-order valence-corrected chi connectivity index (χ0v) is 15.4. The molecule has 0 spiro atoms. The van der Waals surface area contributed by atoms with Crippen molar-refractivity contribution in [3.63, 3.8) is 0 Å². The maximum absolute atomic E-state index is 11.9. The Morgan fingerprint density at radius 3 is 2.00 bits per heavy atom. The van der Waals surface area contributed by atoms with E-state index in [1.54, 1.807) is 39.5 Å². The van der Waals surface area contributed by atoms with Gasteiger partial charge in [0.2, 0.25) is 0 Å². The molecule has 0 atom stereocenters. The number of aryl methyl sites for hydroxylation is 1. The highest BCUT2D eigenvalue weighted by Gasteiger charge is 2.06. The standard InChI is InChI=1S/C20H25NO5/c1-23-16-8-6-15(7-9-16)5-4-10-21-20(22)14-26-19-12-17(24-2)11-18(13-19)25-3/h6-9,11-13H,4-5,10,14H2,1-3H3,(H,21,22). The first-order chi connectivity index (χ1) is 12.6. The first-order valence-electron chi connectivity index (χ1n) is 8.40. The van der Waals surface area contributed by atoms with Crippen LogP contribution >= 0.6 is 0 Å². The smallest absolute Gasteiger partial charge is 0.257 e. The minimum Gasteiger partial charge on any atom is -0.497 e. The molecule has 2 aromatic rings. The zero-order valence-electron chi connectivity index (χ0n) is 15.4. The summed E-state index contributed by atoms with van der Waals surface area (Å²) in [4.78, 5) is 11.9. The van der Waals surface area contributed by atoms with Crippen LogP contribution in [-0.4, -0.2) is 40.4 Å². The molecule has 0 fully saturated rings. The molecule has 0 heterocycles. The van der Waals surface area contributed by atoms with Crippen molar-refractivity contribution >= 4 is 5.91 Å². The Morgan fingerprint density at radius 1 is 0.846 bits per heavy atom. The van der Waals surface area contributed by atoms with E-state index in [2.05, 4.69) is 5.32 Å². The van der Waals surface area contributed by atoms with E-state index in [0.717, 1.165) is 18.6 Å². The second-order valence-electron chi connectivity index (χ2n) is 5.64. The molecule has 0 aliphatic heterocycles. The molecule has 140 valence electrons. The molecule has 0 aromatic heterocycles. The third kappa shape index (κ3) is 6.20. The summed E-state index contributed by atoms with van der Waals surface area (Å²) in [5.74, 6) is 2.42. The van der Waals surface area contributed by atoms with Gasteiger partial charge < -0.3 is 24.3 Å². The second-order valence-corrected chi connectivity index (χ2v) is 5.64. The first kappa shape index (κ1) is 19.4. The average Bonchev–Trinajstić information content (AvgIpc) is 2.69. The summed E-state index contributed by atoms with van der Waals surface area (Å²) < 4.78 is 21.0. The molecule has 26 heavy (non-hydrogen) atoms. The molecular weight excluding hydrogens is 334 g/mol. The third-order valence-corrected chi connectivity index (χ3v) is 3.82. The van der Waals surface area contributed by atoms with E-state index in [9.17, 15) is 4.79 Å². The van der Waals surface area contributed by atoms with Crippen molar-refractivity contribution in [3.05, 3.63) is 48.0 Å². The van der Waals surface area contributed by atoms with E-state index < -0.39 is 0 Å². The van der Waals surface area contributed by atoms with E-state index >= 15 is 0 Å². The second kappa shape index (κ2) is 10.2. The Morgan fingerprint density at radius 2 is 1.42 bits per heavy atom. The molecule has 0 saturated carbocycles. The minimum atomic E-state index is -0.165. The predicted molar refractivity (Wildman–Crippen MR) is 99.4 cm³/mol. The van der Waals surface area contributed by atoms with Crippen molar-refractivity contribution < 1.29 is 23.7 Å². The van der Waals surface area contributed by atoms with E-state index in [1.165, 1.54) is 5.56 Å². The van der Waals surface area contributed by atoms with Crippen molar-refractivity contribution in [2.45, 2.75) is 12.8 Å². The zero-order chi connectivity index (χ0) is 18.8. The van der Waals surface area contributed by atoms with Crippen LogP contribution in [-0.2, 0) is 11.2 Å². The lowest BCUT2D eigenvalue weighted by Gasteiger charge is -2.10. The highest BCUT2D eigenvalue weighted by atomic mass is 16.5. The number of carbonyl (C=O) groups excluding carboxylic acids is 1. The summed E-state index contributed by atoms with van der Waals surface area (Å²) in [5, 5.41) is 2.85. The summed E-state index contributed by atoms with van der Waals surface area (Å²) >= 11 is 0. The van der Waals surface area contributed by atoms with Gasteiger partial charge in [-0.3, -0.25) is 4.79 Å². The highest BCUT2D eigenvalue weighted by molar-refractivity contribution is 5.77. The fourth-order valence-electron chi connectivity index (χ4n) is 2.38. The van der Waals surface area contributed by atoms with Crippen LogP contribution in [0.15, 0.2) is 42.5 Å². The summed E-state index contributed by atoms with van der Waals surface area (Å²) in [6.45, 7) is 0.536. The highest BCUT2D eigenvalue weighted by Crippen LogP contribution is 2.27. The van der Waals surface area contributed by atoms with Crippen LogP contribution in [0.1, 0.15) is 12.0 Å². The molecule has 2 rings (SSSR count). The number of carbonyl (C=O) groups is 1. The predicted octanol–water partition coefficient (Wildman–Crippen LogP) is 2.84. The van der Waals surface area contributed by atoms with Gasteiger partial charge in [0.15, 0.2) is 6.61 Å². The number of amides is 1. The SMILES string of the molecule is COc1ccc(CCCNC(=O)COc2cc(OC)cc(OC)c2)cc1. The Hall–Kier alpha value is -2.89. The molecule has 0 aliphatic rings. The average molecular weight is 359 g/mol. The molecule has 0 bridgehead atoms. The van der Waals surface area contributed by atoms with Gasteiger partial charge in [-0.15, -0.1) is 0 Å². The Kier molecular flexibility index (Phi) is 7.61. The fourth-order valence-corrected chi connectivity index (χ4v) is 2.38. The Bertz CT molecular complexity index is 678. The number of nitrogens with one attached hydrogen (secondary N) is 1. The van der Waals surface area contributed by atoms with Gasteiger partial charge in [-0.05, 0) is 30.5 Å². The Labute approximate surface area is 154 Å². The number of methoxy groups -OCH3 is 3. The quantitative estimate of drug-likeness (QED) is 0.661. The van der Waals surface area contributed by atoms with Gasteiger partial charge in [0.1, 0.15) is 23.0 Å². The molecule has 6 heteroatoms. The van der Waals surface area contributed by atoms with Gasteiger partial charge in [-0.25, -0.2) is 0 Å². The summed E-state index contributed by atoms with van der Waals surface area (Å²) in [5.41, 5.74) is 1.21. The summed E-state index contributed by atoms with van der Waals surface area (Å²) in [7, 11) is 4.77. The molecule has 1 amide bonds. The van der Waals surface area contributed by atoms with E-state index in [1.807, 2.05) is 24.3 Å². The minimum absolute atomic E-state index is 0.0567. The van der Waals surface area contributed by atoms with Crippen LogP contribution in [0.25, 0.3) is 0 Å². The van der Waals surface area contributed by atoms with Gasteiger partial charge in [-0.1, -0.05) is 12.1 Å². The van der Waals surface area contributed by atoms with Crippen LogP contribution < -0.4 is 24.3 Å². The third-order valence-electron chi connectivity index (χ3n) is 3.82. The number of benzene rings is 2. The maximum Gasteiger partial charge on any atom is 0.257 e. The topological polar surface area (TPSA) is 66.0 Å². The van der Waals surface area contributed by atoms with E-state index in [4.69, 9.17) is 18.9 Å². The molecule has 2 aromatic carbocycles. The molecule has 0 radical (unpaired) electrons. The van der Waals surface area contributed by atoms with Gasteiger partial charge >= 0.3 is 0 Å². The van der Waals surface area contributed by atoms with E-state index in [-0.39, 0.29) is 12.5 Å². The molecule has 0 saturated heterocycles. The summed E-state index contributed by atoms with van der Waals surface area (Å²) in [6.07, 6.45) is 1.74. The molecule has 1 N–H and O–H groups in total. The number of rotatable bonds is 10. The van der Waals surface area contributed by atoms with Gasteiger partial charge in [-0.2, -0.15) is 0 Å². The maximum atomic E-state index is 11.9. The lowest BCUT2D eigenvalue weighted by Crippen LogP contribution is -2.29. The largest absolute Gasteiger partial charge is 0.497 e. The van der Waals surface area contributed by atoms with Crippen LogP contribution in [0.5, 0.6) is 23.0 Å². The van der Waals surface area contributed by atoms with Crippen molar-refractivity contribution in [2.24, 2.45) is 0 Å². The molecule has 0 aliphatic carbocycles. The van der Waals surface area contributed by atoms with Crippen molar-refractivity contribution in [3.8, 4) is 23.0 Å². The molecule has 6 nitrogen and oxygen atoms in total. The van der Waals surface area contributed by atoms with Crippen molar-refractivity contribution in [2.75, 3.05) is 34.5 Å². The number of hydrogen-bond acceptors (Lipinski definition) is 5. The lowest BCUT2D eigenvalue weighted by atomic mass is 10.1. The van der Waals surface area contributed by atoms with Crippen LogP contribution in [0.4, 0.5) is 0 Å². The normalized spacial score (nSPS) is 10.1.